The van der Waals surface area contributed by atoms with Crippen molar-refractivity contribution < 1.29 is 9.13 Å². The molecule has 0 aliphatic carbocycles. The summed E-state index contributed by atoms with van der Waals surface area (Å²) in [6, 6.07) is 4.70. The predicted molar refractivity (Wildman–Crippen MR) is 69.0 cm³/mol. The van der Waals surface area contributed by atoms with Gasteiger partial charge in [-0.3, -0.25) is 5.10 Å². The van der Waals surface area contributed by atoms with E-state index in [0.29, 0.717) is 22.8 Å². The molecule has 1 aromatic heterocycles. The molecule has 0 aliphatic rings. The minimum Gasteiger partial charge on any atom is -0.496 e. The Morgan fingerprint density at radius 2 is 2.11 bits per heavy atom. The number of nitrogens with one attached hydrogen (secondary N) is 1. The lowest BCUT2D eigenvalue weighted by atomic mass is 9.98. The molecule has 0 saturated heterocycles. The number of aromatic amines is 1. The van der Waals surface area contributed by atoms with Gasteiger partial charge in [0.2, 0.25) is 0 Å². The molecule has 0 amide bonds. The Morgan fingerprint density at radius 1 is 1.39 bits per heavy atom. The zero-order valence-electron chi connectivity index (χ0n) is 10.6. The first-order valence-electron chi connectivity index (χ1n) is 5.72. The van der Waals surface area contributed by atoms with Crippen LogP contribution in [0.5, 0.6) is 5.75 Å². The Kier molecular flexibility index (Phi) is 3.23. The number of nitrogens with zero attached hydrogens (tertiary/aromatic N) is 1. The normalized spacial score (nSPS) is 10.9. The number of hydrogen-bond acceptors (Lipinski definition) is 3. The molecule has 1 heterocycles. The summed E-state index contributed by atoms with van der Waals surface area (Å²) in [5, 5.41) is 6.75. The Balaban J connectivity index is 2.69. The van der Waals surface area contributed by atoms with Crippen molar-refractivity contribution in [2.24, 2.45) is 0 Å². The van der Waals surface area contributed by atoms with Gasteiger partial charge < -0.3 is 10.5 Å². The van der Waals surface area contributed by atoms with E-state index in [2.05, 4.69) is 10.2 Å². The standard InChI is InChI=1S/C13H16FN3O/c1-7(2)10-12(16-17-13(10)15)11-8(14)5-4-6-9(11)18-3/h4-7H,1-3H3,(H3,15,16,17). The molecule has 0 spiro atoms. The number of halogens is 1. The van der Waals surface area contributed by atoms with Crippen molar-refractivity contribution in [1.29, 1.82) is 0 Å². The molecule has 0 bridgehead atoms. The smallest absolute Gasteiger partial charge is 0.149 e. The van der Waals surface area contributed by atoms with Crippen molar-refractivity contribution in [3.8, 4) is 17.0 Å². The molecule has 3 N–H and O–H groups in total. The van der Waals surface area contributed by atoms with E-state index in [1.54, 1.807) is 12.1 Å². The molecule has 0 aliphatic heterocycles. The Morgan fingerprint density at radius 3 is 2.72 bits per heavy atom. The Labute approximate surface area is 105 Å². The maximum atomic E-state index is 14.0. The van der Waals surface area contributed by atoms with Crippen LogP contribution in [0.1, 0.15) is 25.3 Å². The molecule has 18 heavy (non-hydrogen) atoms. The first-order chi connectivity index (χ1) is 8.56. The lowest BCUT2D eigenvalue weighted by Gasteiger charge is -2.11. The number of aromatic nitrogens is 2. The van der Waals surface area contributed by atoms with Crippen LogP contribution < -0.4 is 10.5 Å². The summed E-state index contributed by atoms with van der Waals surface area (Å²) >= 11 is 0. The van der Waals surface area contributed by atoms with Crippen LogP contribution in [-0.4, -0.2) is 17.3 Å². The van der Waals surface area contributed by atoms with Gasteiger partial charge in [-0.25, -0.2) is 4.39 Å². The summed E-state index contributed by atoms with van der Waals surface area (Å²) in [7, 11) is 1.51. The van der Waals surface area contributed by atoms with Crippen LogP contribution in [0.4, 0.5) is 10.2 Å². The van der Waals surface area contributed by atoms with E-state index in [4.69, 9.17) is 10.5 Å². The number of nitrogen functional groups attached to an aromatic ring is 1. The summed E-state index contributed by atoms with van der Waals surface area (Å²) in [6.07, 6.45) is 0. The summed E-state index contributed by atoms with van der Waals surface area (Å²) in [5.41, 5.74) is 7.57. The zero-order valence-corrected chi connectivity index (χ0v) is 10.6. The number of methoxy groups -OCH3 is 1. The van der Waals surface area contributed by atoms with Crippen LogP contribution in [0.2, 0.25) is 0 Å². The van der Waals surface area contributed by atoms with Crippen molar-refractivity contribution in [1.82, 2.24) is 10.2 Å². The lowest BCUT2D eigenvalue weighted by molar-refractivity contribution is 0.413. The molecular formula is C13H16FN3O. The van der Waals surface area contributed by atoms with Crippen molar-refractivity contribution in [2.45, 2.75) is 19.8 Å². The highest BCUT2D eigenvalue weighted by Gasteiger charge is 2.21. The quantitative estimate of drug-likeness (QED) is 0.879. The van der Waals surface area contributed by atoms with Crippen LogP contribution in [0.3, 0.4) is 0 Å². The number of H-pyrrole nitrogens is 1. The summed E-state index contributed by atoms with van der Waals surface area (Å²) in [5.74, 6) is 0.633. The van der Waals surface area contributed by atoms with Crippen LogP contribution in [-0.2, 0) is 0 Å². The van der Waals surface area contributed by atoms with E-state index in [1.807, 2.05) is 13.8 Å². The van der Waals surface area contributed by atoms with E-state index in [9.17, 15) is 4.39 Å². The van der Waals surface area contributed by atoms with Crippen LogP contribution in [0, 0.1) is 5.82 Å². The maximum absolute atomic E-state index is 14.0. The topological polar surface area (TPSA) is 63.9 Å². The third-order valence-electron chi connectivity index (χ3n) is 2.86. The summed E-state index contributed by atoms with van der Waals surface area (Å²) < 4.78 is 19.2. The summed E-state index contributed by atoms with van der Waals surface area (Å²) in [4.78, 5) is 0. The van der Waals surface area contributed by atoms with E-state index < -0.39 is 0 Å². The second-order valence-electron chi connectivity index (χ2n) is 4.37. The van der Waals surface area contributed by atoms with Gasteiger partial charge in [0.15, 0.2) is 0 Å². The third-order valence-corrected chi connectivity index (χ3v) is 2.86. The van der Waals surface area contributed by atoms with Gasteiger partial charge in [0.05, 0.1) is 18.4 Å². The van der Waals surface area contributed by atoms with Gasteiger partial charge in [0.25, 0.3) is 0 Å². The molecule has 5 heteroatoms. The molecule has 4 nitrogen and oxygen atoms in total. The van der Waals surface area contributed by atoms with E-state index in [1.165, 1.54) is 13.2 Å². The number of hydrogen-bond donors (Lipinski definition) is 2. The highest BCUT2D eigenvalue weighted by molar-refractivity contribution is 5.74. The average Bonchev–Trinajstić information content (AvgIpc) is 2.70. The van der Waals surface area contributed by atoms with Crippen molar-refractivity contribution in [2.75, 3.05) is 12.8 Å². The molecule has 0 radical (unpaired) electrons. The van der Waals surface area contributed by atoms with E-state index in [0.717, 1.165) is 5.56 Å². The molecule has 0 fully saturated rings. The molecule has 0 unspecified atom stereocenters. The average molecular weight is 249 g/mol. The van der Waals surface area contributed by atoms with Gasteiger partial charge in [0.1, 0.15) is 17.4 Å². The fourth-order valence-electron chi connectivity index (χ4n) is 2.06. The molecule has 2 aromatic rings. The Bertz CT molecular complexity index is 563. The van der Waals surface area contributed by atoms with Crippen LogP contribution in [0.25, 0.3) is 11.3 Å². The monoisotopic (exact) mass is 249 g/mol. The SMILES string of the molecule is COc1cccc(F)c1-c1[nH]nc(N)c1C(C)C. The number of benzene rings is 1. The molecule has 0 saturated carbocycles. The highest BCUT2D eigenvalue weighted by Crippen LogP contribution is 2.37. The summed E-state index contributed by atoms with van der Waals surface area (Å²) in [6.45, 7) is 3.97. The van der Waals surface area contributed by atoms with Gasteiger partial charge in [0, 0.05) is 5.56 Å². The van der Waals surface area contributed by atoms with Gasteiger partial charge in [-0.2, -0.15) is 5.10 Å². The van der Waals surface area contributed by atoms with Gasteiger partial charge in [-0.1, -0.05) is 19.9 Å². The lowest BCUT2D eigenvalue weighted by Crippen LogP contribution is -1.98. The number of anilines is 1. The number of ether oxygens (including phenoxy) is 1. The first kappa shape index (κ1) is 12.4. The molecule has 1 aromatic carbocycles. The molecule has 2 rings (SSSR count). The van der Waals surface area contributed by atoms with E-state index in [-0.39, 0.29) is 11.7 Å². The van der Waals surface area contributed by atoms with Gasteiger partial charge in [-0.05, 0) is 18.1 Å². The third kappa shape index (κ3) is 1.92. The molecule has 96 valence electrons. The highest BCUT2D eigenvalue weighted by atomic mass is 19.1. The Hall–Kier alpha value is -2.04. The second kappa shape index (κ2) is 4.68. The molecular weight excluding hydrogens is 233 g/mol. The van der Waals surface area contributed by atoms with Gasteiger partial charge >= 0.3 is 0 Å². The van der Waals surface area contributed by atoms with E-state index >= 15 is 0 Å². The van der Waals surface area contributed by atoms with Crippen LogP contribution in [0.15, 0.2) is 18.2 Å². The van der Waals surface area contributed by atoms with Crippen molar-refractivity contribution >= 4 is 5.82 Å². The first-order valence-corrected chi connectivity index (χ1v) is 5.72. The molecule has 0 atom stereocenters. The predicted octanol–water partition coefficient (Wildman–Crippen LogP) is 2.93. The minimum atomic E-state index is -0.361. The largest absolute Gasteiger partial charge is 0.496 e. The van der Waals surface area contributed by atoms with Crippen molar-refractivity contribution in [3.05, 3.63) is 29.6 Å². The fourth-order valence-corrected chi connectivity index (χ4v) is 2.06. The number of rotatable bonds is 3. The maximum Gasteiger partial charge on any atom is 0.149 e. The van der Waals surface area contributed by atoms with Gasteiger partial charge in [-0.15, -0.1) is 0 Å². The van der Waals surface area contributed by atoms with Crippen molar-refractivity contribution in [3.63, 3.8) is 0 Å². The second-order valence-corrected chi connectivity index (χ2v) is 4.37. The minimum absolute atomic E-state index is 0.142. The number of nitrogens with two attached hydrogens (primary N) is 1. The van der Waals surface area contributed by atoms with Crippen LogP contribution >= 0.6 is 0 Å². The zero-order chi connectivity index (χ0) is 13.3. The fraction of sp³-hybridized carbons (Fsp3) is 0.308.